The van der Waals surface area contributed by atoms with Gasteiger partial charge in [0.05, 0.1) is 25.8 Å². The molecule has 8 nitrogen and oxygen atoms in total. The lowest BCUT2D eigenvalue weighted by atomic mass is 9.94. The molecule has 8 heteroatoms. The molecule has 4 rings (SSSR count). The van der Waals surface area contributed by atoms with E-state index in [9.17, 15) is 19.8 Å². The number of methoxy groups -OCH3 is 2. The zero-order valence-corrected chi connectivity index (χ0v) is 18.1. The Bertz CT molecular complexity index is 1240. The molecule has 2 heterocycles. The third-order valence-electron chi connectivity index (χ3n) is 5.48. The predicted molar refractivity (Wildman–Crippen MR) is 120 cm³/mol. The van der Waals surface area contributed by atoms with Gasteiger partial charge in [-0.1, -0.05) is 24.3 Å². The van der Waals surface area contributed by atoms with Crippen LogP contribution < -0.4 is 9.47 Å². The van der Waals surface area contributed by atoms with E-state index in [0.717, 1.165) is 5.56 Å². The van der Waals surface area contributed by atoms with Gasteiger partial charge in [0.15, 0.2) is 11.5 Å². The van der Waals surface area contributed by atoms with Crippen molar-refractivity contribution in [3.8, 4) is 17.2 Å². The summed E-state index contributed by atoms with van der Waals surface area (Å²) in [6.07, 6.45) is 3.22. The molecule has 1 fully saturated rings. The average molecular weight is 446 g/mol. The SMILES string of the molecule is COc1cccc(/C(O)=C2\C(=O)C(=O)N(Cc3cccnc3)C2c2ccc(O)c(OC)c2)c1. The zero-order valence-electron chi connectivity index (χ0n) is 18.1. The minimum Gasteiger partial charge on any atom is -0.507 e. The van der Waals surface area contributed by atoms with Crippen molar-refractivity contribution in [2.45, 2.75) is 12.6 Å². The number of carbonyl (C=O) groups excluding carboxylic acids is 2. The molecule has 3 aromatic rings. The van der Waals surface area contributed by atoms with Crippen LogP contribution in [-0.2, 0) is 16.1 Å². The van der Waals surface area contributed by atoms with E-state index in [-0.39, 0.29) is 29.4 Å². The summed E-state index contributed by atoms with van der Waals surface area (Å²) in [7, 11) is 2.90. The van der Waals surface area contributed by atoms with Gasteiger partial charge in [0.1, 0.15) is 11.5 Å². The maximum Gasteiger partial charge on any atom is 0.295 e. The Morgan fingerprint density at radius 1 is 1.06 bits per heavy atom. The number of amides is 1. The first-order chi connectivity index (χ1) is 15.9. The first-order valence-corrected chi connectivity index (χ1v) is 10.1. The Balaban J connectivity index is 1.90. The molecule has 1 atom stereocenters. The van der Waals surface area contributed by atoms with Crippen LogP contribution in [0.3, 0.4) is 0 Å². The molecule has 1 aromatic heterocycles. The molecule has 1 saturated heterocycles. The fourth-order valence-electron chi connectivity index (χ4n) is 3.87. The largest absolute Gasteiger partial charge is 0.507 e. The second kappa shape index (κ2) is 9.04. The second-order valence-corrected chi connectivity index (χ2v) is 7.45. The third-order valence-corrected chi connectivity index (χ3v) is 5.48. The Morgan fingerprint density at radius 2 is 1.88 bits per heavy atom. The molecule has 0 radical (unpaired) electrons. The van der Waals surface area contributed by atoms with Gasteiger partial charge in [-0.3, -0.25) is 14.6 Å². The van der Waals surface area contributed by atoms with Gasteiger partial charge in [0.25, 0.3) is 11.7 Å². The lowest BCUT2D eigenvalue weighted by Gasteiger charge is -2.25. The molecule has 0 bridgehead atoms. The fraction of sp³-hybridized carbons (Fsp3) is 0.160. The van der Waals surface area contributed by atoms with E-state index in [1.807, 2.05) is 0 Å². The number of aromatic nitrogens is 1. The molecule has 168 valence electrons. The van der Waals surface area contributed by atoms with Gasteiger partial charge in [0.2, 0.25) is 0 Å². The Labute approximate surface area is 190 Å². The average Bonchev–Trinajstić information content (AvgIpc) is 3.09. The van der Waals surface area contributed by atoms with E-state index < -0.39 is 17.7 Å². The zero-order chi connectivity index (χ0) is 23.5. The highest BCUT2D eigenvalue weighted by Gasteiger charge is 2.46. The Hall–Kier alpha value is -4.33. The smallest absolute Gasteiger partial charge is 0.295 e. The number of Topliss-reactive ketones (excluding diaryl/α,β-unsaturated/α-hetero) is 1. The maximum atomic E-state index is 13.1. The number of carbonyl (C=O) groups is 2. The van der Waals surface area contributed by atoms with Gasteiger partial charge < -0.3 is 24.6 Å². The number of ketones is 1. The predicted octanol–water partition coefficient (Wildman–Crippen LogP) is 3.43. The van der Waals surface area contributed by atoms with Gasteiger partial charge in [-0.05, 0) is 41.5 Å². The summed E-state index contributed by atoms with van der Waals surface area (Å²) in [5, 5.41) is 21.2. The summed E-state index contributed by atoms with van der Waals surface area (Å²) >= 11 is 0. The molecule has 1 aliphatic rings. The number of aliphatic hydroxyl groups is 1. The molecule has 2 aromatic carbocycles. The number of likely N-dealkylation sites (tertiary alicyclic amines) is 1. The molecule has 1 unspecified atom stereocenters. The number of phenolic OH excluding ortho intramolecular Hbond substituents is 1. The number of hydrogen-bond donors (Lipinski definition) is 2. The summed E-state index contributed by atoms with van der Waals surface area (Å²) in [5.41, 5.74) is 1.49. The first kappa shape index (κ1) is 21.9. The molecule has 0 saturated carbocycles. The van der Waals surface area contributed by atoms with E-state index in [1.165, 1.54) is 25.2 Å². The summed E-state index contributed by atoms with van der Waals surface area (Å²) in [6.45, 7) is 0.0984. The minimum atomic E-state index is -0.911. The topological polar surface area (TPSA) is 109 Å². The lowest BCUT2D eigenvalue weighted by molar-refractivity contribution is -0.140. The highest BCUT2D eigenvalue weighted by atomic mass is 16.5. The van der Waals surface area contributed by atoms with Crippen LogP contribution in [0.1, 0.15) is 22.7 Å². The number of hydrogen-bond acceptors (Lipinski definition) is 7. The van der Waals surface area contributed by atoms with Crippen LogP contribution in [0.15, 0.2) is 72.6 Å². The Morgan fingerprint density at radius 3 is 2.58 bits per heavy atom. The standard InChI is InChI=1S/C25H22N2O6/c1-32-18-7-3-6-17(11-18)23(29)21-22(16-8-9-19(28)20(12-16)33-2)27(25(31)24(21)30)14-15-5-4-10-26-13-15/h3-13,22,28-29H,14H2,1-2H3/b23-21+. The molecule has 1 amide bonds. The van der Waals surface area contributed by atoms with Crippen molar-refractivity contribution in [1.29, 1.82) is 0 Å². The summed E-state index contributed by atoms with van der Waals surface area (Å²) in [5.74, 6) is -1.29. The van der Waals surface area contributed by atoms with Crippen LogP contribution in [0.2, 0.25) is 0 Å². The van der Waals surface area contributed by atoms with Crippen molar-refractivity contribution < 1.29 is 29.3 Å². The van der Waals surface area contributed by atoms with E-state index in [2.05, 4.69) is 4.98 Å². The van der Waals surface area contributed by atoms with Crippen molar-refractivity contribution in [3.63, 3.8) is 0 Å². The third kappa shape index (κ3) is 4.10. The number of ether oxygens (including phenoxy) is 2. The van der Waals surface area contributed by atoms with Crippen molar-refractivity contribution in [3.05, 3.63) is 89.3 Å². The van der Waals surface area contributed by atoms with Crippen LogP contribution in [-0.4, -0.2) is 46.0 Å². The molecular weight excluding hydrogens is 424 g/mol. The number of pyridine rings is 1. The van der Waals surface area contributed by atoms with E-state index in [0.29, 0.717) is 16.9 Å². The van der Waals surface area contributed by atoms with Crippen molar-refractivity contribution >= 4 is 17.4 Å². The van der Waals surface area contributed by atoms with Gasteiger partial charge in [-0.15, -0.1) is 0 Å². The summed E-state index contributed by atoms with van der Waals surface area (Å²) in [4.78, 5) is 31.7. The van der Waals surface area contributed by atoms with E-state index in [4.69, 9.17) is 9.47 Å². The second-order valence-electron chi connectivity index (χ2n) is 7.45. The molecule has 2 N–H and O–H groups in total. The van der Waals surface area contributed by atoms with Gasteiger partial charge in [0, 0.05) is 24.5 Å². The minimum absolute atomic E-state index is 0.0649. The van der Waals surface area contributed by atoms with Gasteiger partial charge in [-0.25, -0.2) is 0 Å². The molecule has 33 heavy (non-hydrogen) atoms. The van der Waals surface area contributed by atoms with Crippen molar-refractivity contribution in [2.24, 2.45) is 0 Å². The maximum absolute atomic E-state index is 13.1. The number of aliphatic hydroxyl groups excluding tert-OH is 1. The quantitative estimate of drug-likeness (QED) is 0.339. The number of rotatable bonds is 6. The molecular formula is C25H22N2O6. The molecule has 0 spiro atoms. The van der Waals surface area contributed by atoms with Crippen LogP contribution >= 0.6 is 0 Å². The number of aromatic hydroxyl groups is 1. The molecule has 0 aliphatic carbocycles. The monoisotopic (exact) mass is 446 g/mol. The number of benzene rings is 2. The lowest BCUT2D eigenvalue weighted by Crippen LogP contribution is -2.29. The summed E-state index contributed by atoms with van der Waals surface area (Å²) < 4.78 is 10.4. The first-order valence-electron chi connectivity index (χ1n) is 10.1. The van der Waals surface area contributed by atoms with Crippen LogP contribution in [0.5, 0.6) is 17.2 Å². The highest BCUT2D eigenvalue weighted by Crippen LogP contribution is 2.42. The van der Waals surface area contributed by atoms with Gasteiger partial charge in [-0.2, -0.15) is 0 Å². The highest BCUT2D eigenvalue weighted by molar-refractivity contribution is 6.46. The number of nitrogens with zero attached hydrogens (tertiary/aromatic N) is 2. The summed E-state index contributed by atoms with van der Waals surface area (Å²) in [6, 6.07) is 13.8. The van der Waals surface area contributed by atoms with Crippen molar-refractivity contribution in [2.75, 3.05) is 14.2 Å². The fourth-order valence-corrected chi connectivity index (χ4v) is 3.87. The van der Waals surface area contributed by atoms with Crippen LogP contribution in [0.25, 0.3) is 5.76 Å². The van der Waals surface area contributed by atoms with Crippen LogP contribution in [0.4, 0.5) is 0 Å². The van der Waals surface area contributed by atoms with E-state index >= 15 is 0 Å². The van der Waals surface area contributed by atoms with Crippen molar-refractivity contribution in [1.82, 2.24) is 9.88 Å². The number of phenols is 1. The van der Waals surface area contributed by atoms with Crippen LogP contribution in [0, 0.1) is 0 Å². The Kier molecular flexibility index (Phi) is 5.99. The van der Waals surface area contributed by atoms with E-state index in [1.54, 1.807) is 60.9 Å². The van der Waals surface area contributed by atoms with Gasteiger partial charge >= 0.3 is 0 Å². The molecule has 1 aliphatic heterocycles. The normalized spacial score (nSPS) is 17.3.